The first-order chi connectivity index (χ1) is 17.4. The Morgan fingerprint density at radius 3 is 2.56 bits per heavy atom. The van der Waals surface area contributed by atoms with Gasteiger partial charge in [0.15, 0.2) is 11.5 Å². The third kappa shape index (κ3) is 5.12. The van der Waals surface area contributed by atoms with Crippen molar-refractivity contribution in [1.29, 1.82) is 0 Å². The lowest BCUT2D eigenvalue weighted by molar-refractivity contribution is 0.0856. The Kier molecular flexibility index (Phi) is 7.02. The molecular formula is C26H27ClFN3O5. The van der Waals surface area contributed by atoms with E-state index in [1.807, 2.05) is 18.2 Å². The molecule has 5 rings (SSSR count). The second-order valence-corrected chi connectivity index (χ2v) is 9.51. The first-order valence-electron chi connectivity index (χ1n) is 12.0. The monoisotopic (exact) mass is 515 g/mol. The number of piperidine rings is 1. The van der Waals surface area contributed by atoms with Crippen molar-refractivity contribution in [1.82, 2.24) is 14.4 Å². The number of hydrogen-bond acceptors (Lipinski definition) is 5. The summed E-state index contributed by atoms with van der Waals surface area (Å²) in [5, 5.41) is 10.8. The standard InChI is InChI=1S/C26H27ClFN3O5/c27-21-15-25(32)30(22-14-18(28)2-3-20(21)22)10-9-29-7-5-19(6-8-29)31(26(33)34)16-17-1-4-23-24(13-17)36-12-11-35-23/h1-4,13-15,19H,5-12,16H2,(H,33,34). The highest BCUT2D eigenvalue weighted by atomic mass is 35.5. The van der Waals surface area contributed by atoms with Crippen LogP contribution >= 0.6 is 11.6 Å². The number of ether oxygens (including phenoxy) is 2. The van der Waals surface area contributed by atoms with Gasteiger partial charge in [-0.05, 0) is 48.7 Å². The van der Waals surface area contributed by atoms with E-state index >= 15 is 0 Å². The van der Waals surface area contributed by atoms with E-state index in [1.54, 1.807) is 10.6 Å². The van der Waals surface area contributed by atoms with E-state index in [9.17, 15) is 19.1 Å². The summed E-state index contributed by atoms with van der Waals surface area (Å²) in [6, 6.07) is 11.0. The van der Waals surface area contributed by atoms with Gasteiger partial charge in [0.25, 0.3) is 5.56 Å². The van der Waals surface area contributed by atoms with E-state index in [0.717, 1.165) is 5.56 Å². The van der Waals surface area contributed by atoms with Crippen LogP contribution < -0.4 is 15.0 Å². The minimum Gasteiger partial charge on any atom is -0.486 e. The Balaban J connectivity index is 1.22. The van der Waals surface area contributed by atoms with Gasteiger partial charge in [-0.1, -0.05) is 17.7 Å². The number of nitrogens with zero attached hydrogens (tertiary/aromatic N) is 3. The number of fused-ring (bicyclic) bond motifs is 2. The summed E-state index contributed by atoms with van der Waals surface area (Å²) < 4.78 is 26.6. The van der Waals surface area contributed by atoms with Crippen molar-refractivity contribution in [3.63, 3.8) is 0 Å². The Bertz CT molecular complexity index is 1340. The number of amides is 1. The van der Waals surface area contributed by atoms with Crippen LogP contribution in [0.4, 0.5) is 9.18 Å². The van der Waals surface area contributed by atoms with Crippen molar-refractivity contribution in [3.8, 4) is 11.5 Å². The number of likely N-dealkylation sites (tertiary alicyclic amines) is 1. The summed E-state index contributed by atoms with van der Waals surface area (Å²) in [7, 11) is 0. The molecule has 2 aliphatic heterocycles. The van der Waals surface area contributed by atoms with E-state index in [1.165, 1.54) is 23.1 Å². The number of carboxylic acid groups (broad SMARTS) is 1. The molecule has 1 N–H and O–H groups in total. The van der Waals surface area contributed by atoms with Gasteiger partial charge >= 0.3 is 6.09 Å². The minimum atomic E-state index is -0.954. The summed E-state index contributed by atoms with van der Waals surface area (Å²) in [4.78, 5) is 28.3. The van der Waals surface area contributed by atoms with Crippen molar-refractivity contribution in [2.24, 2.45) is 0 Å². The summed E-state index contributed by atoms with van der Waals surface area (Å²) in [6.45, 7) is 3.63. The highest BCUT2D eigenvalue weighted by Crippen LogP contribution is 2.32. The van der Waals surface area contributed by atoms with Gasteiger partial charge in [0.05, 0.1) is 10.5 Å². The fourth-order valence-electron chi connectivity index (χ4n) is 4.98. The molecule has 3 heterocycles. The zero-order valence-electron chi connectivity index (χ0n) is 19.7. The lowest BCUT2D eigenvalue weighted by atomic mass is 10.0. The molecule has 0 bridgehead atoms. The molecule has 1 saturated heterocycles. The molecular weight excluding hydrogens is 489 g/mol. The molecule has 2 aliphatic rings. The molecule has 1 fully saturated rings. The Hall–Kier alpha value is -3.30. The van der Waals surface area contributed by atoms with Gasteiger partial charge in [0.2, 0.25) is 0 Å². The zero-order chi connectivity index (χ0) is 25.2. The highest BCUT2D eigenvalue weighted by Gasteiger charge is 2.28. The molecule has 0 aliphatic carbocycles. The van der Waals surface area contributed by atoms with E-state index in [-0.39, 0.29) is 18.1 Å². The maximum Gasteiger partial charge on any atom is 0.407 e. The predicted octanol–water partition coefficient (Wildman–Crippen LogP) is 4.21. The molecule has 10 heteroatoms. The molecule has 190 valence electrons. The number of aromatic nitrogens is 1. The average molecular weight is 516 g/mol. The van der Waals surface area contributed by atoms with Crippen LogP contribution in [-0.4, -0.2) is 64.5 Å². The molecule has 3 aromatic rings. The van der Waals surface area contributed by atoms with E-state index in [2.05, 4.69) is 4.90 Å². The van der Waals surface area contributed by atoms with Crippen LogP contribution in [0, 0.1) is 5.82 Å². The summed E-state index contributed by atoms with van der Waals surface area (Å²) in [6.07, 6.45) is 0.410. The van der Waals surface area contributed by atoms with Gasteiger partial charge in [-0.2, -0.15) is 0 Å². The third-order valence-electron chi connectivity index (χ3n) is 6.87. The summed E-state index contributed by atoms with van der Waals surface area (Å²) in [5.41, 5.74) is 1.05. The van der Waals surface area contributed by atoms with Crippen LogP contribution in [0.2, 0.25) is 5.02 Å². The maximum atomic E-state index is 13.9. The molecule has 36 heavy (non-hydrogen) atoms. The second-order valence-electron chi connectivity index (χ2n) is 9.10. The van der Waals surface area contributed by atoms with Crippen LogP contribution in [0.1, 0.15) is 18.4 Å². The second kappa shape index (κ2) is 10.4. The molecule has 1 amide bonds. The van der Waals surface area contributed by atoms with Crippen LogP contribution in [0.25, 0.3) is 10.9 Å². The largest absolute Gasteiger partial charge is 0.486 e. The molecule has 1 aromatic heterocycles. The Labute approximate surface area is 212 Å². The number of hydrogen-bond donors (Lipinski definition) is 1. The van der Waals surface area contributed by atoms with E-state index in [4.69, 9.17) is 21.1 Å². The topological polar surface area (TPSA) is 84.2 Å². The number of halogens is 2. The average Bonchev–Trinajstić information content (AvgIpc) is 2.87. The SMILES string of the molecule is O=C(O)N(Cc1ccc2c(c1)OCCO2)C1CCN(CCn2c(=O)cc(Cl)c3ccc(F)cc32)CC1. The van der Waals surface area contributed by atoms with Crippen molar-refractivity contribution >= 4 is 28.6 Å². The lowest BCUT2D eigenvalue weighted by Gasteiger charge is -2.37. The van der Waals surface area contributed by atoms with Gasteiger partial charge in [-0.15, -0.1) is 0 Å². The zero-order valence-corrected chi connectivity index (χ0v) is 20.4. The number of benzene rings is 2. The Morgan fingerprint density at radius 2 is 1.81 bits per heavy atom. The van der Waals surface area contributed by atoms with Crippen LogP contribution in [0.5, 0.6) is 11.5 Å². The van der Waals surface area contributed by atoms with Crippen molar-refractivity contribution < 1.29 is 23.8 Å². The van der Waals surface area contributed by atoms with Crippen LogP contribution in [0.15, 0.2) is 47.3 Å². The molecule has 2 aromatic carbocycles. The first-order valence-corrected chi connectivity index (χ1v) is 12.4. The predicted molar refractivity (Wildman–Crippen MR) is 134 cm³/mol. The maximum absolute atomic E-state index is 13.9. The molecule has 0 atom stereocenters. The van der Waals surface area contributed by atoms with Crippen LogP contribution in [0.3, 0.4) is 0 Å². The minimum absolute atomic E-state index is 0.111. The first kappa shape index (κ1) is 24.4. The summed E-state index contributed by atoms with van der Waals surface area (Å²) >= 11 is 6.19. The van der Waals surface area contributed by atoms with Gasteiger partial charge in [-0.3, -0.25) is 4.79 Å². The number of pyridine rings is 1. The van der Waals surface area contributed by atoms with Gasteiger partial charge in [0.1, 0.15) is 19.0 Å². The molecule has 0 unspecified atom stereocenters. The van der Waals surface area contributed by atoms with E-state index < -0.39 is 11.9 Å². The van der Waals surface area contributed by atoms with Crippen LogP contribution in [-0.2, 0) is 13.1 Å². The highest BCUT2D eigenvalue weighted by molar-refractivity contribution is 6.35. The Morgan fingerprint density at radius 1 is 1.06 bits per heavy atom. The smallest absolute Gasteiger partial charge is 0.407 e. The quantitative estimate of drug-likeness (QED) is 0.529. The normalized spacial score (nSPS) is 16.3. The fourth-order valence-corrected chi connectivity index (χ4v) is 5.23. The van der Waals surface area contributed by atoms with Crippen molar-refractivity contribution in [2.45, 2.75) is 32.0 Å². The molecule has 0 radical (unpaired) electrons. The fraction of sp³-hybridized carbons (Fsp3) is 0.385. The lowest BCUT2D eigenvalue weighted by Crippen LogP contribution is -2.47. The molecule has 0 spiro atoms. The number of rotatable bonds is 6. The van der Waals surface area contributed by atoms with Crippen molar-refractivity contribution in [3.05, 3.63) is 69.2 Å². The summed E-state index contributed by atoms with van der Waals surface area (Å²) in [5.74, 6) is 0.893. The molecule has 8 nitrogen and oxygen atoms in total. The van der Waals surface area contributed by atoms with Gasteiger partial charge in [-0.25, -0.2) is 9.18 Å². The number of carbonyl (C=O) groups is 1. The van der Waals surface area contributed by atoms with Gasteiger partial charge in [0, 0.05) is 50.2 Å². The van der Waals surface area contributed by atoms with Gasteiger partial charge < -0.3 is 28.9 Å². The third-order valence-corrected chi connectivity index (χ3v) is 7.18. The van der Waals surface area contributed by atoms with Crippen molar-refractivity contribution in [2.75, 3.05) is 32.8 Å². The molecule has 0 saturated carbocycles. The van der Waals surface area contributed by atoms with E-state index in [0.29, 0.717) is 79.7 Å².